The molecule has 1 saturated heterocycles. The summed E-state index contributed by atoms with van der Waals surface area (Å²) in [7, 11) is 1.26. The third-order valence-electron chi connectivity index (χ3n) is 6.12. The Hall–Kier alpha value is -3.46. The number of carbonyl (C=O) groups is 3. The molecule has 9 nitrogen and oxygen atoms in total. The van der Waals surface area contributed by atoms with Gasteiger partial charge in [0, 0.05) is 30.5 Å². The molecule has 1 unspecified atom stereocenters. The van der Waals surface area contributed by atoms with Crippen molar-refractivity contribution in [1.29, 1.82) is 0 Å². The number of hydrogen-bond acceptors (Lipinski definition) is 7. The number of pyridine rings is 1. The van der Waals surface area contributed by atoms with E-state index in [9.17, 15) is 19.5 Å². The lowest BCUT2D eigenvalue weighted by Gasteiger charge is -2.27. The number of rotatable bonds is 8. The Bertz CT molecular complexity index is 1090. The van der Waals surface area contributed by atoms with Crippen LogP contribution in [-0.2, 0) is 14.3 Å². The molecule has 33 heavy (non-hydrogen) atoms. The molecule has 2 aromatic rings. The fourth-order valence-corrected chi connectivity index (χ4v) is 4.29. The number of likely N-dealkylation sites (tertiary alicyclic amines) is 1. The number of nitrogens with zero attached hydrogens (tertiary/aromatic N) is 3. The number of aliphatic hydroxyl groups excluding tert-OH is 1. The van der Waals surface area contributed by atoms with E-state index in [-0.39, 0.29) is 17.0 Å². The van der Waals surface area contributed by atoms with Crippen LogP contribution in [0.2, 0.25) is 0 Å². The summed E-state index contributed by atoms with van der Waals surface area (Å²) in [6.45, 7) is 9.91. The molecule has 0 saturated carbocycles. The fraction of sp³-hybridized carbons (Fsp3) is 0.417. The second-order valence-electron chi connectivity index (χ2n) is 7.89. The third kappa shape index (κ3) is 4.41. The predicted octanol–water partition coefficient (Wildman–Crippen LogP) is 2.58. The predicted molar refractivity (Wildman–Crippen MR) is 123 cm³/mol. The van der Waals surface area contributed by atoms with E-state index in [0.717, 1.165) is 13.1 Å². The molecule has 2 aromatic heterocycles. The van der Waals surface area contributed by atoms with Crippen LogP contribution in [0.5, 0.6) is 0 Å². The lowest BCUT2D eigenvalue weighted by molar-refractivity contribution is -0.140. The van der Waals surface area contributed by atoms with E-state index >= 15 is 0 Å². The van der Waals surface area contributed by atoms with Crippen LogP contribution < -0.4 is 0 Å². The highest BCUT2D eigenvalue weighted by atomic mass is 16.5. The molecular formula is C24H30N4O5. The molecule has 0 bridgehead atoms. The van der Waals surface area contributed by atoms with E-state index in [1.54, 1.807) is 38.2 Å². The minimum atomic E-state index is -0.836. The number of carbonyl (C=O) groups excluding carboxylic acids is 3. The van der Waals surface area contributed by atoms with Gasteiger partial charge >= 0.3 is 5.97 Å². The molecule has 0 spiro atoms. The number of nitrogens with one attached hydrogen (secondary N) is 1. The summed E-state index contributed by atoms with van der Waals surface area (Å²) in [4.78, 5) is 49.2. The Morgan fingerprint density at radius 3 is 2.52 bits per heavy atom. The Morgan fingerprint density at radius 2 is 1.94 bits per heavy atom. The number of amides is 1. The summed E-state index contributed by atoms with van der Waals surface area (Å²) in [5.74, 6) is -2.38. The molecule has 1 fully saturated rings. The first-order valence-electron chi connectivity index (χ1n) is 11.0. The summed E-state index contributed by atoms with van der Waals surface area (Å²) >= 11 is 0. The van der Waals surface area contributed by atoms with Gasteiger partial charge in [-0.2, -0.15) is 0 Å². The van der Waals surface area contributed by atoms with E-state index in [2.05, 4.69) is 14.9 Å². The quantitative estimate of drug-likeness (QED) is 0.273. The normalized spacial score (nSPS) is 17.8. The zero-order valence-electron chi connectivity index (χ0n) is 19.6. The van der Waals surface area contributed by atoms with Crippen LogP contribution in [0.4, 0.5) is 0 Å². The highest BCUT2D eigenvalue weighted by Crippen LogP contribution is 2.40. The number of H-pyrrole nitrogens is 1. The number of hydrogen-bond donors (Lipinski definition) is 2. The monoisotopic (exact) mass is 454 g/mol. The van der Waals surface area contributed by atoms with Crippen molar-refractivity contribution in [3.8, 4) is 0 Å². The average molecular weight is 455 g/mol. The number of aromatic nitrogens is 2. The minimum absolute atomic E-state index is 0.0418. The largest absolute Gasteiger partial charge is 0.507 e. The first-order valence-corrected chi connectivity index (χ1v) is 11.0. The first kappa shape index (κ1) is 24.2. The lowest BCUT2D eigenvalue weighted by Crippen LogP contribution is -2.38. The molecule has 0 aromatic carbocycles. The molecule has 3 heterocycles. The van der Waals surface area contributed by atoms with Gasteiger partial charge in [-0.15, -0.1) is 0 Å². The Morgan fingerprint density at radius 1 is 1.24 bits per heavy atom. The SMILES string of the molecule is CCN(CC)CCN1C(=O)C(=O)/C(=C(/O)c2c(C)[nH]c(C(=O)OC)c2C)C1c1ccccn1. The molecule has 1 amide bonds. The average Bonchev–Trinajstić information content (AvgIpc) is 3.26. The number of Topliss-reactive ketones (excluding diaryl/α,β-unsaturated/α-hetero) is 1. The van der Waals surface area contributed by atoms with Gasteiger partial charge in [-0.3, -0.25) is 14.6 Å². The van der Waals surface area contributed by atoms with Crippen molar-refractivity contribution in [3.05, 3.63) is 58.2 Å². The van der Waals surface area contributed by atoms with Crippen LogP contribution in [0.3, 0.4) is 0 Å². The molecule has 0 aliphatic carbocycles. The van der Waals surface area contributed by atoms with Crippen molar-refractivity contribution < 1.29 is 24.2 Å². The molecule has 1 aliphatic rings. The van der Waals surface area contributed by atoms with Crippen molar-refractivity contribution >= 4 is 23.4 Å². The number of aromatic amines is 1. The summed E-state index contributed by atoms with van der Waals surface area (Å²) in [5.41, 5.74) is 1.85. The zero-order valence-corrected chi connectivity index (χ0v) is 19.6. The fourth-order valence-electron chi connectivity index (χ4n) is 4.29. The molecule has 0 radical (unpaired) electrons. The van der Waals surface area contributed by atoms with Gasteiger partial charge in [0.15, 0.2) is 0 Å². The third-order valence-corrected chi connectivity index (χ3v) is 6.12. The van der Waals surface area contributed by atoms with Gasteiger partial charge in [-0.25, -0.2) is 4.79 Å². The van der Waals surface area contributed by atoms with Crippen LogP contribution in [0, 0.1) is 13.8 Å². The molecule has 9 heteroatoms. The number of ketones is 1. The van der Waals surface area contributed by atoms with E-state index < -0.39 is 23.7 Å². The summed E-state index contributed by atoms with van der Waals surface area (Å²) < 4.78 is 4.80. The number of methoxy groups -OCH3 is 1. The molecular weight excluding hydrogens is 424 g/mol. The first-order chi connectivity index (χ1) is 15.8. The Kier molecular flexibility index (Phi) is 7.33. The maximum atomic E-state index is 13.2. The van der Waals surface area contributed by atoms with Gasteiger partial charge < -0.3 is 24.6 Å². The summed E-state index contributed by atoms with van der Waals surface area (Å²) in [6, 6.07) is 4.41. The van der Waals surface area contributed by atoms with Gasteiger partial charge in [0.05, 0.1) is 18.4 Å². The Balaban J connectivity index is 2.16. The van der Waals surface area contributed by atoms with Crippen LogP contribution in [0.25, 0.3) is 5.76 Å². The van der Waals surface area contributed by atoms with Gasteiger partial charge in [0.2, 0.25) is 0 Å². The minimum Gasteiger partial charge on any atom is -0.507 e. The number of ether oxygens (including phenoxy) is 1. The number of aliphatic hydroxyl groups is 1. The number of esters is 1. The molecule has 3 rings (SSSR count). The maximum Gasteiger partial charge on any atom is 0.354 e. The van der Waals surface area contributed by atoms with E-state index in [0.29, 0.717) is 35.6 Å². The maximum absolute atomic E-state index is 13.2. The lowest BCUT2D eigenvalue weighted by atomic mass is 9.96. The van der Waals surface area contributed by atoms with Gasteiger partial charge in [0.25, 0.3) is 11.7 Å². The van der Waals surface area contributed by atoms with Gasteiger partial charge in [-0.1, -0.05) is 19.9 Å². The smallest absolute Gasteiger partial charge is 0.354 e. The summed E-state index contributed by atoms with van der Waals surface area (Å²) in [5, 5.41) is 11.3. The van der Waals surface area contributed by atoms with Crippen molar-refractivity contribution in [2.75, 3.05) is 33.3 Å². The summed E-state index contributed by atoms with van der Waals surface area (Å²) in [6.07, 6.45) is 1.59. The second kappa shape index (κ2) is 9.99. The van der Waals surface area contributed by atoms with Crippen LogP contribution in [-0.4, -0.2) is 75.8 Å². The molecule has 176 valence electrons. The van der Waals surface area contributed by atoms with Crippen molar-refractivity contribution in [3.63, 3.8) is 0 Å². The molecule has 2 N–H and O–H groups in total. The highest BCUT2D eigenvalue weighted by molar-refractivity contribution is 6.46. The molecule has 1 atom stereocenters. The zero-order chi connectivity index (χ0) is 24.3. The van der Waals surface area contributed by atoms with E-state index in [4.69, 9.17) is 4.74 Å². The van der Waals surface area contributed by atoms with Gasteiger partial charge in [-0.05, 0) is 44.6 Å². The van der Waals surface area contributed by atoms with Gasteiger partial charge in [0.1, 0.15) is 17.5 Å². The second-order valence-corrected chi connectivity index (χ2v) is 7.89. The van der Waals surface area contributed by atoms with Crippen molar-refractivity contribution in [1.82, 2.24) is 19.8 Å². The highest BCUT2D eigenvalue weighted by Gasteiger charge is 2.47. The van der Waals surface area contributed by atoms with Crippen LogP contribution in [0.1, 0.15) is 52.9 Å². The van der Waals surface area contributed by atoms with Crippen LogP contribution >= 0.6 is 0 Å². The van der Waals surface area contributed by atoms with Crippen molar-refractivity contribution in [2.24, 2.45) is 0 Å². The number of likely N-dealkylation sites (N-methyl/N-ethyl adjacent to an activating group) is 1. The Labute approximate surface area is 193 Å². The standard InChI is InChI=1S/C24H30N4O5/c1-6-27(7-2)12-13-28-20(16-10-8-9-11-25-16)18(22(30)23(28)31)21(29)17-14(3)19(24(32)33-5)26-15(17)4/h8-11,20,26,29H,6-7,12-13H2,1-5H3/b21-18+. The van der Waals surface area contributed by atoms with Crippen molar-refractivity contribution in [2.45, 2.75) is 33.7 Å². The van der Waals surface area contributed by atoms with E-state index in [1.807, 2.05) is 13.8 Å². The topological polar surface area (TPSA) is 116 Å². The van der Waals surface area contributed by atoms with Crippen LogP contribution in [0.15, 0.2) is 30.0 Å². The molecule has 1 aliphatic heterocycles. The van der Waals surface area contributed by atoms with E-state index in [1.165, 1.54) is 12.0 Å². The number of aryl methyl sites for hydroxylation is 1.